The van der Waals surface area contributed by atoms with Gasteiger partial charge in [-0.3, -0.25) is 0 Å². The number of rotatable bonds is 1. The highest BCUT2D eigenvalue weighted by Crippen LogP contribution is 2.39. The van der Waals surface area contributed by atoms with Crippen molar-refractivity contribution in [1.29, 1.82) is 0 Å². The molecule has 1 aliphatic rings. The molecule has 3 rings (SSSR count). The molecule has 0 heterocycles. The van der Waals surface area contributed by atoms with Crippen molar-refractivity contribution in [2.45, 2.75) is 51.1 Å². The Morgan fingerprint density at radius 2 is 1.67 bits per heavy atom. The monoisotopic (exact) mass is 324 g/mol. The van der Waals surface area contributed by atoms with E-state index in [1.807, 2.05) is 37.3 Å². The fourth-order valence-corrected chi connectivity index (χ4v) is 3.22. The quantitative estimate of drug-likeness (QED) is 0.571. The van der Waals surface area contributed by atoms with E-state index >= 15 is 0 Å². The van der Waals surface area contributed by atoms with Gasteiger partial charge in [-0.1, -0.05) is 35.6 Å². The van der Waals surface area contributed by atoms with Crippen molar-refractivity contribution in [3.8, 4) is 11.8 Å². The van der Waals surface area contributed by atoms with E-state index in [-0.39, 0.29) is 11.7 Å². The van der Waals surface area contributed by atoms with E-state index in [1.54, 1.807) is 19.1 Å². The van der Waals surface area contributed by atoms with E-state index in [4.69, 9.17) is 0 Å². The zero-order valence-corrected chi connectivity index (χ0v) is 14.2. The second kappa shape index (κ2) is 6.77. The molecule has 0 amide bonds. The maximum atomic E-state index is 14.3. The summed E-state index contributed by atoms with van der Waals surface area (Å²) in [6.45, 7) is 3.68. The van der Waals surface area contributed by atoms with Crippen LogP contribution in [0.2, 0.25) is 0 Å². The van der Waals surface area contributed by atoms with Crippen LogP contribution in [0.1, 0.15) is 60.8 Å². The Labute approximate surface area is 142 Å². The Morgan fingerprint density at radius 1 is 1.00 bits per heavy atom. The van der Waals surface area contributed by atoms with Crippen molar-refractivity contribution in [2.75, 3.05) is 0 Å². The van der Waals surface area contributed by atoms with Crippen LogP contribution in [-0.4, -0.2) is 5.67 Å². The van der Waals surface area contributed by atoms with Crippen LogP contribution in [0.15, 0.2) is 42.5 Å². The largest absolute Gasteiger partial charge is 0.244 e. The Bertz CT molecular complexity index is 766. The molecular formula is C22H22F2. The van der Waals surface area contributed by atoms with Crippen molar-refractivity contribution in [1.82, 2.24) is 0 Å². The van der Waals surface area contributed by atoms with Gasteiger partial charge in [0.05, 0.1) is 5.56 Å². The van der Waals surface area contributed by atoms with Crippen LogP contribution in [0.3, 0.4) is 0 Å². The molecule has 2 heteroatoms. The van der Waals surface area contributed by atoms with Gasteiger partial charge in [0.15, 0.2) is 0 Å². The lowest BCUT2D eigenvalue weighted by atomic mass is 9.78. The van der Waals surface area contributed by atoms with E-state index < -0.39 is 5.67 Å². The first kappa shape index (κ1) is 16.7. The van der Waals surface area contributed by atoms with Crippen molar-refractivity contribution in [3.05, 3.63) is 70.5 Å². The van der Waals surface area contributed by atoms with Crippen molar-refractivity contribution >= 4 is 0 Å². The fourth-order valence-electron chi connectivity index (χ4n) is 3.22. The highest BCUT2D eigenvalue weighted by atomic mass is 19.1. The predicted molar refractivity (Wildman–Crippen MR) is 94.3 cm³/mol. The molecule has 0 radical (unpaired) electrons. The second-order valence-electron chi connectivity index (χ2n) is 7.04. The first-order chi connectivity index (χ1) is 11.4. The molecule has 2 aromatic rings. The van der Waals surface area contributed by atoms with Gasteiger partial charge >= 0.3 is 0 Å². The first-order valence-corrected chi connectivity index (χ1v) is 8.50. The molecule has 0 spiro atoms. The van der Waals surface area contributed by atoms with Crippen LogP contribution in [0, 0.1) is 24.6 Å². The van der Waals surface area contributed by atoms with Crippen molar-refractivity contribution < 1.29 is 8.78 Å². The van der Waals surface area contributed by atoms with Gasteiger partial charge in [-0.25, -0.2) is 8.78 Å². The summed E-state index contributed by atoms with van der Waals surface area (Å²) in [6.07, 6.45) is 2.66. The van der Waals surface area contributed by atoms with Gasteiger partial charge in [-0.15, -0.1) is 0 Å². The van der Waals surface area contributed by atoms with Crippen LogP contribution in [0.5, 0.6) is 0 Å². The lowest BCUT2D eigenvalue weighted by molar-refractivity contribution is 0.120. The zero-order chi connectivity index (χ0) is 17.2. The van der Waals surface area contributed by atoms with Crippen LogP contribution in [0.4, 0.5) is 8.78 Å². The molecule has 1 saturated carbocycles. The molecular weight excluding hydrogens is 302 g/mol. The molecule has 0 atom stereocenters. The third-order valence-electron chi connectivity index (χ3n) is 4.89. The van der Waals surface area contributed by atoms with E-state index in [9.17, 15) is 8.78 Å². The molecule has 0 unspecified atom stereocenters. The minimum atomic E-state index is -1.06. The highest BCUT2D eigenvalue weighted by molar-refractivity contribution is 5.45. The van der Waals surface area contributed by atoms with E-state index in [2.05, 4.69) is 11.8 Å². The van der Waals surface area contributed by atoms with Crippen molar-refractivity contribution in [2.24, 2.45) is 0 Å². The molecule has 0 aromatic heterocycles. The van der Waals surface area contributed by atoms with Crippen LogP contribution in [-0.2, 0) is 0 Å². The van der Waals surface area contributed by atoms with E-state index in [0.717, 1.165) is 24.0 Å². The van der Waals surface area contributed by atoms with Crippen LogP contribution >= 0.6 is 0 Å². The van der Waals surface area contributed by atoms with Gasteiger partial charge in [-0.2, -0.15) is 0 Å². The molecule has 2 aromatic carbocycles. The lowest BCUT2D eigenvalue weighted by Crippen LogP contribution is -2.25. The third kappa shape index (κ3) is 4.03. The number of hydrogen-bond donors (Lipinski definition) is 0. The summed E-state index contributed by atoms with van der Waals surface area (Å²) in [4.78, 5) is 0. The normalized spacial score (nSPS) is 23.4. The van der Waals surface area contributed by atoms with Gasteiger partial charge in [0.25, 0.3) is 0 Å². The number of alkyl halides is 1. The SMILES string of the molecule is Cc1ccc(C#Cc2ccc(C3CCC(C)(F)CC3)cc2F)cc1. The molecule has 0 aliphatic heterocycles. The topological polar surface area (TPSA) is 0 Å². The smallest absolute Gasteiger partial charge is 0.139 e. The number of aryl methyl sites for hydroxylation is 1. The van der Waals surface area contributed by atoms with Crippen LogP contribution < -0.4 is 0 Å². The maximum Gasteiger partial charge on any atom is 0.139 e. The Morgan fingerprint density at radius 3 is 2.29 bits per heavy atom. The molecule has 0 bridgehead atoms. The number of benzene rings is 2. The van der Waals surface area contributed by atoms with Gasteiger partial charge < -0.3 is 0 Å². The lowest BCUT2D eigenvalue weighted by Gasteiger charge is -2.31. The summed E-state index contributed by atoms with van der Waals surface area (Å²) in [7, 11) is 0. The van der Waals surface area contributed by atoms with Crippen molar-refractivity contribution in [3.63, 3.8) is 0 Å². The minimum absolute atomic E-state index is 0.252. The summed E-state index contributed by atoms with van der Waals surface area (Å²) < 4.78 is 28.2. The summed E-state index contributed by atoms with van der Waals surface area (Å²) in [6, 6.07) is 13.1. The molecule has 1 aliphatic carbocycles. The molecule has 0 N–H and O–H groups in total. The predicted octanol–water partition coefficient (Wildman–Crippen LogP) is 5.92. The first-order valence-electron chi connectivity index (χ1n) is 8.50. The number of halogens is 2. The molecule has 0 saturated heterocycles. The molecule has 124 valence electrons. The highest BCUT2D eigenvalue weighted by Gasteiger charge is 2.31. The zero-order valence-electron chi connectivity index (χ0n) is 14.2. The number of hydrogen-bond acceptors (Lipinski definition) is 0. The van der Waals surface area contributed by atoms with E-state index in [0.29, 0.717) is 18.4 Å². The summed E-state index contributed by atoms with van der Waals surface area (Å²) >= 11 is 0. The average Bonchev–Trinajstić information content (AvgIpc) is 2.55. The van der Waals surface area contributed by atoms with Gasteiger partial charge in [0.2, 0.25) is 0 Å². The standard InChI is InChI=1S/C22H22F2/c1-16-3-5-17(6-4-16)7-8-19-9-10-20(15-21(19)23)18-11-13-22(2,24)14-12-18/h3-6,9-10,15,18H,11-14H2,1-2H3. The van der Waals surface area contributed by atoms with Gasteiger partial charge in [-0.05, 0) is 75.3 Å². The molecule has 0 nitrogen and oxygen atoms in total. The third-order valence-corrected chi connectivity index (χ3v) is 4.89. The Kier molecular flexibility index (Phi) is 4.71. The Hall–Kier alpha value is -2.14. The Balaban J connectivity index is 1.75. The summed E-state index contributed by atoms with van der Waals surface area (Å²) in [5.74, 6) is 5.87. The fraction of sp³-hybridized carbons (Fsp3) is 0.364. The molecule has 24 heavy (non-hydrogen) atoms. The minimum Gasteiger partial charge on any atom is -0.244 e. The van der Waals surface area contributed by atoms with Gasteiger partial charge in [0.1, 0.15) is 11.5 Å². The maximum absolute atomic E-state index is 14.3. The van der Waals surface area contributed by atoms with E-state index in [1.165, 1.54) is 5.56 Å². The van der Waals surface area contributed by atoms with Gasteiger partial charge in [0, 0.05) is 5.56 Å². The summed E-state index contributed by atoms with van der Waals surface area (Å²) in [5.41, 5.74) is 2.36. The second-order valence-corrected chi connectivity index (χ2v) is 7.04. The average molecular weight is 324 g/mol. The summed E-state index contributed by atoms with van der Waals surface area (Å²) in [5, 5.41) is 0. The van der Waals surface area contributed by atoms with Crippen LogP contribution in [0.25, 0.3) is 0 Å². The molecule has 1 fully saturated rings.